The van der Waals surface area contributed by atoms with Crippen molar-refractivity contribution < 1.29 is 24.2 Å². The van der Waals surface area contributed by atoms with E-state index in [1.54, 1.807) is 19.1 Å². The minimum Gasteiger partial charge on any atom is -0.550 e. The summed E-state index contributed by atoms with van der Waals surface area (Å²) < 4.78 is 5.29. The fourth-order valence-electron chi connectivity index (χ4n) is 3.84. The molecule has 1 heterocycles. The molecule has 0 spiro atoms. The van der Waals surface area contributed by atoms with Crippen LogP contribution in [0.15, 0.2) is 30.4 Å². The number of ether oxygens (including phenoxy) is 1. The van der Waals surface area contributed by atoms with Crippen LogP contribution in [-0.4, -0.2) is 24.5 Å². The van der Waals surface area contributed by atoms with Gasteiger partial charge in [-0.1, -0.05) is 30.4 Å². The molecular formula is C24H26NO5S-. The SMILES string of the molecule is CCOC(=O)c1c(NC(=O)[C@@H]2CC=CC[C@H]2C(=O)[O-])sc(C)c1-c1ccc(C)c(C)c1. The van der Waals surface area contributed by atoms with Gasteiger partial charge in [0.25, 0.3) is 0 Å². The zero-order valence-corrected chi connectivity index (χ0v) is 18.9. The summed E-state index contributed by atoms with van der Waals surface area (Å²) in [6.45, 7) is 7.84. The maximum absolute atomic E-state index is 13.0. The molecule has 1 aliphatic carbocycles. The highest BCUT2D eigenvalue weighted by Crippen LogP contribution is 2.41. The lowest BCUT2D eigenvalue weighted by atomic mass is 9.82. The number of amides is 1. The first-order valence-electron chi connectivity index (χ1n) is 10.3. The number of thiophene rings is 1. The summed E-state index contributed by atoms with van der Waals surface area (Å²) in [5.74, 6) is -3.84. The van der Waals surface area contributed by atoms with Crippen LogP contribution < -0.4 is 10.4 Å². The molecule has 0 radical (unpaired) electrons. The van der Waals surface area contributed by atoms with Gasteiger partial charge in [0.05, 0.1) is 12.5 Å². The standard InChI is InChI=1S/C24H27NO5S/c1-5-30-24(29)20-19(16-11-10-13(2)14(3)12-16)15(4)31-22(20)25-21(26)17-8-6-7-9-18(17)23(27)28/h6-7,10-12,17-18H,5,8-9H2,1-4H3,(H,25,26)(H,27,28)/p-1/t17-,18-/m1/s1. The lowest BCUT2D eigenvalue weighted by Crippen LogP contribution is -2.41. The van der Waals surface area contributed by atoms with Crippen LogP contribution in [-0.2, 0) is 14.3 Å². The Morgan fingerprint density at radius 1 is 1.10 bits per heavy atom. The number of hydrogen-bond acceptors (Lipinski definition) is 6. The van der Waals surface area contributed by atoms with Crippen molar-refractivity contribution in [1.29, 1.82) is 0 Å². The third kappa shape index (κ3) is 4.71. The second-order valence-corrected chi connectivity index (χ2v) is 8.95. The first kappa shape index (κ1) is 22.7. The molecule has 0 saturated carbocycles. The fourth-order valence-corrected chi connectivity index (χ4v) is 4.91. The van der Waals surface area contributed by atoms with Crippen LogP contribution in [0.4, 0.5) is 5.00 Å². The molecule has 1 amide bonds. The zero-order valence-electron chi connectivity index (χ0n) is 18.1. The van der Waals surface area contributed by atoms with Gasteiger partial charge in [-0.3, -0.25) is 4.79 Å². The largest absolute Gasteiger partial charge is 0.550 e. The number of allylic oxidation sites excluding steroid dienone is 2. The molecular weight excluding hydrogens is 414 g/mol. The molecule has 1 aromatic heterocycles. The van der Waals surface area contributed by atoms with Gasteiger partial charge in [-0.05, 0) is 57.2 Å². The molecule has 3 rings (SSSR count). The third-order valence-electron chi connectivity index (χ3n) is 5.67. The van der Waals surface area contributed by atoms with E-state index in [9.17, 15) is 19.5 Å². The highest BCUT2D eigenvalue weighted by molar-refractivity contribution is 7.17. The minimum atomic E-state index is -1.24. The van der Waals surface area contributed by atoms with E-state index in [2.05, 4.69) is 5.32 Å². The Morgan fingerprint density at radius 3 is 2.39 bits per heavy atom. The molecule has 0 saturated heterocycles. The number of esters is 1. The smallest absolute Gasteiger partial charge is 0.341 e. The van der Waals surface area contributed by atoms with Crippen molar-refractivity contribution >= 4 is 34.2 Å². The number of carbonyl (C=O) groups is 3. The molecule has 1 aromatic carbocycles. The first-order chi connectivity index (χ1) is 14.7. The maximum Gasteiger partial charge on any atom is 0.341 e. The molecule has 7 heteroatoms. The van der Waals surface area contributed by atoms with Crippen molar-refractivity contribution in [3.8, 4) is 11.1 Å². The molecule has 0 aliphatic heterocycles. The molecule has 0 unspecified atom stereocenters. The molecule has 1 N–H and O–H groups in total. The quantitative estimate of drug-likeness (QED) is 0.545. The van der Waals surface area contributed by atoms with Gasteiger partial charge in [0.15, 0.2) is 0 Å². The van der Waals surface area contributed by atoms with E-state index >= 15 is 0 Å². The number of hydrogen-bond donors (Lipinski definition) is 1. The van der Waals surface area contributed by atoms with E-state index in [-0.39, 0.29) is 13.0 Å². The number of rotatable bonds is 6. The monoisotopic (exact) mass is 440 g/mol. The summed E-state index contributed by atoms with van der Waals surface area (Å²) in [7, 11) is 0. The van der Waals surface area contributed by atoms with Gasteiger partial charge in [-0.25, -0.2) is 4.79 Å². The Bertz CT molecular complexity index is 1050. The Hall–Kier alpha value is -2.93. The number of carbonyl (C=O) groups excluding carboxylic acids is 3. The first-order valence-corrected chi connectivity index (χ1v) is 11.1. The number of benzene rings is 1. The predicted octanol–water partition coefficient (Wildman–Crippen LogP) is 3.79. The normalized spacial score (nSPS) is 17.9. The van der Waals surface area contributed by atoms with Crippen LogP contribution in [0, 0.1) is 32.6 Å². The molecule has 31 heavy (non-hydrogen) atoms. The number of anilines is 1. The van der Waals surface area contributed by atoms with Crippen LogP contribution in [0.3, 0.4) is 0 Å². The number of carboxylic acid groups (broad SMARTS) is 1. The molecule has 2 atom stereocenters. The van der Waals surface area contributed by atoms with Gasteiger partial charge < -0.3 is 20.0 Å². The predicted molar refractivity (Wildman–Crippen MR) is 119 cm³/mol. The molecule has 0 fully saturated rings. The summed E-state index contributed by atoms with van der Waals surface area (Å²) in [6.07, 6.45) is 4.12. The Morgan fingerprint density at radius 2 is 1.77 bits per heavy atom. The highest BCUT2D eigenvalue weighted by atomic mass is 32.1. The molecule has 1 aliphatic rings. The van der Waals surface area contributed by atoms with Crippen molar-refractivity contribution in [3.05, 3.63) is 51.9 Å². The van der Waals surface area contributed by atoms with Crippen LogP contribution in [0.25, 0.3) is 11.1 Å². The van der Waals surface area contributed by atoms with Crippen molar-refractivity contribution in [2.75, 3.05) is 11.9 Å². The Kier molecular flexibility index (Phi) is 6.95. The summed E-state index contributed by atoms with van der Waals surface area (Å²) in [4.78, 5) is 38.2. The topological polar surface area (TPSA) is 95.5 Å². The van der Waals surface area contributed by atoms with Crippen molar-refractivity contribution in [2.45, 2.75) is 40.5 Å². The number of aliphatic carboxylic acids is 1. The van der Waals surface area contributed by atoms with E-state index in [0.29, 0.717) is 17.0 Å². The van der Waals surface area contributed by atoms with Crippen molar-refractivity contribution in [2.24, 2.45) is 11.8 Å². The van der Waals surface area contributed by atoms with Crippen molar-refractivity contribution in [1.82, 2.24) is 0 Å². The average molecular weight is 441 g/mol. The van der Waals surface area contributed by atoms with E-state index < -0.39 is 29.7 Å². The van der Waals surface area contributed by atoms with E-state index in [0.717, 1.165) is 27.1 Å². The lowest BCUT2D eigenvalue weighted by Gasteiger charge is -2.28. The minimum absolute atomic E-state index is 0.202. The van der Waals surface area contributed by atoms with Gasteiger partial charge >= 0.3 is 5.97 Å². The fraction of sp³-hybridized carbons (Fsp3) is 0.375. The number of nitrogens with one attached hydrogen (secondary N) is 1. The Balaban J connectivity index is 2.03. The summed E-state index contributed by atoms with van der Waals surface area (Å²) in [5.41, 5.74) is 4.13. The molecule has 164 valence electrons. The number of aryl methyl sites for hydroxylation is 3. The highest BCUT2D eigenvalue weighted by Gasteiger charge is 2.32. The molecule has 0 bridgehead atoms. The van der Waals surface area contributed by atoms with Gasteiger partial charge in [0.2, 0.25) is 5.91 Å². The van der Waals surface area contributed by atoms with Gasteiger partial charge in [0, 0.05) is 22.3 Å². The van der Waals surface area contributed by atoms with Crippen LogP contribution in [0.5, 0.6) is 0 Å². The molecule has 6 nitrogen and oxygen atoms in total. The lowest BCUT2D eigenvalue weighted by molar-refractivity contribution is -0.313. The van der Waals surface area contributed by atoms with Crippen LogP contribution in [0.2, 0.25) is 0 Å². The molecule has 2 aromatic rings. The van der Waals surface area contributed by atoms with Crippen LogP contribution >= 0.6 is 11.3 Å². The Labute approximate surface area is 185 Å². The second kappa shape index (κ2) is 9.47. The second-order valence-electron chi connectivity index (χ2n) is 7.72. The van der Waals surface area contributed by atoms with E-state index in [4.69, 9.17) is 4.74 Å². The summed E-state index contributed by atoms with van der Waals surface area (Å²) in [5, 5.41) is 14.7. The van der Waals surface area contributed by atoms with Crippen molar-refractivity contribution in [3.63, 3.8) is 0 Å². The van der Waals surface area contributed by atoms with Gasteiger partial charge in [-0.2, -0.15) is 0 Å². The summed E-state index contributed by atoms with van der Waals surface area (Å²) in [6, 6.07) is 5.95. The summed E-state index contributed by atoms with van der Waals surface area (Å²) >= 11 is 1.29. The maximum atomic E-state index is 13.0. The third-order valence-corrected chi connectivity index (χ3v) is 6.69. The van der Waals surface area contributed by atoms with Gasteiger partial charge in [-0.15, -0.1) is 11.3 Å². The van der Waals surface area contributed by atoms with E-state index in [1.165, 1.54) is 11.3 Å². The van der Waals surface area contributed by atoms with Crippen LogP contribution in [0.1, 0.15) is 46.1 Å². The zero-order chi connectivity index (χ0) is 22.7. The number of carboxylic acids is 1. The van der Waals surface area contributed by atoms with E-state index in [1.807, 2.05) is 39.0 Å². The van der Waals surface area contributed by atoms with Gasteiger partial charge in [0.1, 0.15) is 10.6 Å². The average Bonchev–Trinajstić information content (AvgIpc) is 3.05.